The lowest BCUT2D eigenvalue weighted by atomic mass is 9.75. The second-order valence-corrected chi connectivity index (χ2v) is 5.84. The molecular formula is C14H23NO. The third-order valence-corrected chi connectivity index (χ3v) is 3.79. The van der Waals surface area contributed by atoms with E-state index >= 15 is 0 Å². The van der Waals surface area contributed by atoms with Crippen molar-refractivity contribution in [3.8, 4) is 0 Å². The molecule has 0 bridgehead atoms. The van der Waals surface area contributed by atoms with Gasteiger partial charge < -0.3 is 9.73 Å². The smallest absolute Gasteiger partial charge is 0.120 e. The van der Waals surface area contributed by atoms with E-state index in [4.69, 9.17) is 4.42 Å². The van der Waals surface area contributed by atoms with Crippen molar-refractivity contribution in [1.82, 2.24) is 5.32 Å². The highest BCUT2D eigenvalue weighted by molar-refractivity contribution is 5.03. The summed E-state index contributed by atoms with van der Waals surface area (Å²) in [5.74, 6) is 1.05. The molecule has 2 heteroatoms. The van der Waals surface area contributed by atoms with E-state index in [1.54, 1.807) is 6.26 Å². The summed E-state index contributed by atoms with van der Waals surface area (Å²) in [7, 11) is 0. The molecule has 1 heterocycles. The SMILES string of the molecule is CC(NC1CCC(C)(C)CC1)c1ccco1. The Balaban J connectivity index is 1.83. The van der Waals surface area contributed by atoms with Crippen molar-refractivity contribution < 1.29 is 4.42 Å². The van der Waals surface area contributed by atoms with Crippen LogP contribution >= 0.6 is 0 Å². The molecule has 2 nitrogen and oxygen atoms in total. The topological polar surface area (TPSA) is 25.2 Å². The van der Waals surface area contributed by atoms with Gasteiger partial charge in [0.15, 0.2) is 0 Å². The van der Waals surface area contributed by atoms with Crippen LogP contribution in [0, 0.1) is 5.41 Å². The first-order valence-corrected chi connectivity index (χ1v) is 6.36. The van der Waals surface area contributed by atoms with Crippen molar-refractivity contribution in [2.75, 3.05) is 0 Å². The minimum Gasteiger partial charge on any atom is -0.468 e. The van der Waals surface area contributed by atoms with E-state index < -0.39 is 0 Å². The molecule has 0 aliphatic heterocycles. The fourth-order valence-corrected chi connectivity index (χ4v) is 2.54. The summed E-state index contributed by atoms with van der Waals surface area (Å²) in [6.07, 6.45) is 6.98. The van der Waals surface area contributed by atoms with Gasteiger partial charge >= 0.3 is 0 Å². The fourth-order valence-electron chi connectivity index (χ4n) is 2.54. The van der Waals surface area contributed by atoms with Gasteiger partial charge in [-0.3, -0.25) is 0 Å². The normalized spacial score (nSPS) is 23.2. The van der Waals surface area contributed by atoms with Gasteiger partial charge in [-0.15, -0.1) is 0 Å². The number of nitrogens with one attached hydrogen (secondary N) is 1. The molecule has 1 unspecified atom stereocenters. The van der Waals surface area contributed by atoms with Gasteiger partial charge in [0, 0.05) is 6.04 Å². The van der Waals surface area contributed by atoms with E-state index in [-0.39, 0.29) is 0 Å². The number of hydrogen-bond acceptors (Lipinski definition) is 2. The van der Waals surface area contributed by atoms with Crippen LogP contribution in [0.2, 0.25) is 0 Å². The highest BCUT2D eigenvalue weighted by atomic mass is 16.3. The molecule has 1 atom stereocenters. The first-order valence-electron chi connectivity index (χ1n) is 6.36. The van der Waals surface area contributed by atoms with Crippen LogP contribution in [0.25, 0.3) is 0 Å². The van der Waals surface area contributed by atoms with Gasteiger partial charge in [0.25, 0.3) is 0 Å². The van der Waals surface area contributed by atoms with Crippen LogP contribution in [0.1, 0.15) is 58.3 Å². The molecule has 0 radical (unpaired) electrons. The maximum Gasteiger partial charge on any atom is 0.120 e. The Bertz CT molecular complexity index is 305. The third kappa shape index (κ3) is 2.88. The summed E-state index contributed by atoms with van der Waals surface area (Å²) in [4.78, 5) is 0. The summed E-state index contributed by atoms with van der Waals surface area (Å²) in [6.45, 7) is 6.93. The van der Waals surface area contributed by atoms with Crippen molar-refractivity contribution in [3.05, 3.63) is 24.2 Å². The van der Waals surface area contributed by atoms with Crippen LogP contribution in [0.5, 0.6) is 0 Å². The van der Waals surface area contributed by atoms with Gasteiger partial charge in [0.05, 0.1) is 12.3 Å². The molecule has 2 rings (SSSR count). The monoisotopic (exact) mass is 221 g/mol. The second kappa shape index (κ2) is 4.62. The Labute approximate surface area is 98.4 Å². The number of furan rings is 1. The molecule has 0 spiro atoms. The summed E-state index contributed by atoms with van der Waals surface area (Å²) in [6, 6.07) is 5.00. The van der Waals surface area contributed by atoms with E-state index in [2.05, 4.69) is 26.1 Å². The third-order valence-electron chi connectivity index (χ3n) is 3.79. The van der Waals surface area contributed by atoms with Crippen molar-refractivity contribution in [2.45, 2.75) is 58.5 Å². The maximum absolute atomic E-state index is 5.42. The molecule has 0 amide bonds. The highest BCUT2D eigenvalue weighted by Gasteiger charge is 2.27. The largest absolute Gasteiger partial charge is 0.468 e. The molecular weight excluding hydrogens is 198 g/mol. The van der Waals surface area contributed by atoms with Crippen LogP contribution in [0.4, 0.5) is 0 Å². The van der Waals surface area contributed by atoms with E-state index in [1.165, 1.54) is 25.7 Å². The van der Waals surface area contributed by atoms with Crippen LogP contribution in [-0.4, -0.2) is 6.04 Å². The van der Waals surface area contributed by atoms with Gasteiger partial charge in [0.1, 0.15) is 5.76 Å². The molecule has 1 fully saturated rings. The Morgan fingerprint density at radius 2 is 2.06 bits per heavy atom. The summed E-state index contributed by atoms with van der Waals surface area (Å²) >= 11 is 0. The van der Waals surface area contributed by atoms with Crippen LogP contribution in [0.15, 0.2) is 22.8 Å². The highest BCUT2D eigenvalue weighted by Crippen LogP contribution is 2.35. The molecule has 1 N–H and O–H groups in total. The molecule has 0 aromatic carbocycles. The molecule has 1 saturated carbocycles. The van der Waals surface area contributed by atoms with Crippen LogP contribution in [-0.2, 0) is 0 Å². The van der Waals surface area contributed by atoms with Crippen molar-refractivity contribution in [1.29, 1.82) is 0 Å². The average molecular weight is 221 g/mol. The Kier molecular flexibility index (Phi) is 3.38. The average Bonchev–Trinajstić information content (AvgIpc) is 2.74. The van der Waals surface area contributed by atoms with Crippen molar-refractivity contribution in [3.63, 3.8) is 0 Å². The molecule has 1 aromatic heterocycles. The molecule has 0 saturated heterocycles. The van der Waals surface area contributed by atoms with Gasteiger partial charge in [-0.1, -0.05) is 13.8 Å². The van der Waals surface area contributed by atoms with Crippen molar-refractivity contribution in [2.24, 2.45) is 5.41 Å². The zero-order valence-corrected chi connectivity index (χ0v) is 10.6. The first kappa shape index (κ1) is 11.7. The second-order valence-electron chi connectivity index (χ2n) is 5.84. The Hall–Kier alpha value is -0.760. The number of rotatable bonds is 3. The lowest BCUT2D eigenvalue weighted by molar-refractivity contribution is 0.196. The molecule has 1 aliphatic carbocycles. The zero-order chi connectivity index (χ0) is 11.6. The summed E-state index contributed by atoms with van der Waals surface area (Å²) in [5.41, 5.74) is 0.548. The molecule has 16 heavy (non-hydrogen) atoms. The first-order chi connectivity index (χ1) is 7.57. The zero-order valence-electron chi connectivity index (χ0n) is 10.6. The minimum atomic E-state index is 0.334. The predicted octanol–water partition coefficient (Wildman–Crippen LogP) is 3.90. The Morgan fingerprint density at radius 3 is 2.62 bits per heavy atom. The lowest BCUT2D eigenvalue weighted by Crippen LogP contribution is -2.36. The standard InChI is InChI=1S/C14H23NO/c1-11(13-5-4-10-16-13)15-12-6-8-14(2,3)9-7-12/h4-5,10-12,15H,6-9H2,1-3H3. The van der Waals surface area contributed by atoms with E-state index in [9.17, 15) is 0 Å². The van der Waals surface area contributed by atoms with E-state index in [1.807, 2.05) is 12.1 Å². The van der Waals surface area contributed by atoms with E-state index in [0.717, 1.165) is 5.76 Å². The van der Waals surface area contributed by atoms with Gasteiger partial charge in [-0.05, 0) is 50.2 Å². The van der Waals surface area contributed by atoms with Crippen LogP contribution in [0.3, 0.4) is 0 Å². The molecule has 1 aliphatic rings. The van der Waals surface area contributed by atoms with Crippen LogP contribution < -0.4 is 5.32 Å². The van der Waals surface area contributed by atoms with Gasteiger partial charge in [-0.2, -0.15) is 0 Å². The number of hydrogen-bond donors (Lipinski definition) is 1. The maximum atomic E-state index is 5.42. The van der Waals surface area contributed by atoms with Gasteiger partial charge in [-0.25, -0.2) is 0 Å². The minimum absolute atomic E-state index is 0.334. The summed E-state index contributed by atoms with van der Waals surface area (Å²) < 4.78 is 5.42. The Morgan fingerprint density at radius 1 is 1.38 bits per heavy atom. The fraction of sp³-hybridized carbons (Fsp3) is 0.714. The van der Waals surface area contributed by atoms with Gasteiger partial charge in [0.2, 0.25) is 0 Å². The summed E-state index contributed by atoms with van der Waals surface area (Å²) in [5, 5.41) is 3.67. The quantitative estimate of drug-likeness (QED) is 0.837. The van der Waals surface area contributed by atoms with E-state index in [0.29, 0.717) is 17.5 Å². The van der Waals surface area contributed by atoms with Crippen molar-refractivity contribution >= 4 is 0 Å². The predicted molar refractivity (Wildman–Crippen MR) is 66.3 cm³/mol. The lowest BCUT2D eigenvalue weighted by Gasteiger charge is -2.35. The molecule has 90 valence electrons. The molecule has 1 aromatic rings.